The summed E-state index contributed by atoms with van der Waals surface area (Å²) in [6, 6.07) is 12.9. The number of furan rings is 1. The fourth-order valence-electron chi connectivity index (χ4n) is 2.51. The summed E-state index contributed by atoms with van der Waals surface area (Å²) >= 11 is 6.00. The highest BCUT2D eigenvalue weighted by Crippen LogP contribution is 2.28. The summed E-state index contributed by atoms with van der Waals surface area (Å²) in [7, 11) is 1.60. The maximum atomic E-state index is 12.4. The Kier molecular flexibility index (Phi) is 4.26. The van der Waals surface area contributed by atoms with Gasteiger partial charge in [0.25, 0.3) is 5.91 Å². The minimum atomic E-state index is -0.263. The molecule has 0 atom stereocenters. The number of rotatable bonds is 4. The summed E-state index contributed by atoms with van der Waals surface area (Å²) in [4.78, 5) is 12.4. The molecule has 1 amide bonds. The van der Waals surface area contributed by atoms with Crippen LogP contribution in [-0.2, 0) is 6.54 Å². The fourth-order valence-corrected chi connectivity index (χ4v) is 2.69. The normalized spacial score (nSPS) is 10.7. The standard InChI is InChI=1S/C18H16ClNO3/c1-11-14-9-13(19)7-8-16(14)23-17(11)18(21)20-10-12-5-3-4-6-15(12)22-2/h3-9H,10H2,1-2H3,(H,20,21). The van der Waals surface area contributed by atoms with Gasteiger partial charge in [-0.1, -0.05) is 29.8 Å². The van der Waals surface area contributed by atoms with Gasteiger partial charge in [0, 0.05) is 28.1 Å². The molecule has 1 N–H and O–H groups in total. The lowest BCUT2D eigenvalue weighted by Crippen LogP contribution is -2.23. The largest absolute Gasteiger partial charge is 0.496 e. The third-order valence-corrected chi connectivity index (χ3v) is 3.97. The zero-order chi connectivity index (χ0) is 16.4. The number of methoxy groups -OCH3 is 1. The Bertz CT molecular complexity index is 870. The van der Waals surface area contributed by atoms with Crippen LogP contribution in [0.1, 0.15) is 21.7 Å². The molecule has 5 heteroatoms. The number of benzene rings is 2. The molecule has 0 bridgehead atoms. The molecule has 1 heterocycles. The van der Waals surface area contributed by atoms with Gasteiger partial charge >= 0.3 is 0 Å². The van der Waals surface area contributed by atoms with Gasteiger partial charge in [-0.2, -0.15) is 0 Å². The van der Waals surface area contributed by atoms with E-state index in [4.69, 9.17) is 20.8 Å². The maximum absolute atomic E-state index is 12.4. The van der Waals surface area contributed by atoms with Crippen LogP contribution in [0.3, 0.4) is 0 Å². The van der Waals surface area contributed by atoms with Gasteiger partial charge in [0.2, 0.25) is 0 Å². The molecule has 0 aliphatic carbocycles. The summed E-state index contributed by atoms with van der Waals surface area (Å²) in [6.45, 7) is 2.21. The topological polar surface area (TPSA) is 51.5 Å². The molecule has 118 valence electrons. The van der Waals surface area contributed by atoms with Crippen molar-refractivity contribution in [2.45, 2.75) is 13.5 Å². The predicted molar refractivity (Wildman–Crippen MR) is 90.1 cm³/mol. The molecule has 0 aliphatic rings. The second kappa shape index (κ2) is 6.34. The summed E-state index contributed by atoms with van der Waals surface area (Å²) in [5, 5.41) is 4.32. The number of carbonyl (C=O) groups excluding carboxylic acids is 1. The predicted octanol–water partition coefficient (Wildman–Crippen LogP) is 4.33. The molecule has 0 radical (unpaired) electrons. The molecular weight excluding hydrogens is 314 g/mol. The molecule has 1 aromatic heterocycles. The molecule has 4 nitrogen and oxygen atoms in total. The number of amides is 1. The first-order chi connectivity index (χ1) is 11.1. The van der Waals surface area contributed by atoms with Crippen molar-refractivity contribution in [2.24, 2.45) is 0 Å². The second-order valence-corrected chi connectivity index (χ2v) is 5.63. The molecule has 0 aliphatic heterocycles. The smallest absolute Gasteiger partial charge is 0.287 e. The first kappa shape index (κ1) is 15.4. The van der Waals surface area contributed by atoms with Crippen molar-refractivity contribution in [2.75, 3.05) is 7.11 Å². The van der Waals surface area contributed by atoms with E-state index in [2.05, 4.69) is 5.32 Å². The SMILES string of the molecule is COc1ccccc1CNC(=O)c1oc2ccc(Cl)cc2c1C. The summed E-state index contributed by atoms with van der Waals surface area (Å²) in [5.41, 5.74) is 2.33. The molecule has 0 spiro atoms. The minimum absolute atomic E-state index is 0.263. The Morgan fingerprint density at radius 1 is 1.26 bits per heavy atom. The van der Waals surface area contributed by atoms with Crippen LogP contribution in [0.2, 0.25) is 5.02 Å². The number of nitrogens with one attached hydrogen (secondary N) is 1. The van der Waals surface area contributed by atoms with Gasteiger partial charge in [-0.3, -0.25) is 4.79 Å². The van der Waals surface area contributed by atoms with E-state index >= 15 is 0 Å². The van der Waals surface area contributed by atoms with Crippen molar-refractivity contribution in [3.63, 3.8) is 0 Å². The summed E-state index contributed by atoms with van der Waals surface area (Å²) in [5.74, 6) is 0.777. The Hall–Kier alpha value is -2.46. The number of hydrogen-bond acceptors (Lipinski definition) is 3. The van der Waals surface area contributed by atoms with Crippen molar-refractivity contribution in [3.05, 3.63) is 64.4 Å². The first-order valence-electron chi connectivity index (χ1n) is 7.19. The molecule has 2 aromatic carbocycles. The number of ether oxygens (including phenoxy) is 1. The lowest BCUT2D eigenvalue weighted by molar-refractivity contribution is 0.0924. The highest BCUT2D eigenvalue weighted by Gasteiger charge is 2.18. The van der Waals surface area contributed by atoms with Gasteiger partial charge in [-0.05, 0) is 31.2 Å². The first-order valence-corrected chi connectivity index (χ1v) is 7.56. The molecule has 0 unspecified atom stereocenters. The number of hydrogen-bond donors (Lipinski definition) is 1. The lowest BCUT2D eigenvalue weighted by atomic mass is 10.1. The number of halogens is 1. The van der Waals surface area contributed by atoms with Gasteiger partial charge < -0.3 is 14.5 Å². The van der Waals surface area contributed by atoms with E-state index in [0.29, 0.717) is 22.9 Å². The number of aryl methyl sites for hydroxylation is 1. The molecule has 3 rings (SSSR count). The third-order valence-electron chi connectivity index (χ3n) is 3.74. The van der Waals surface area contributed by atoms with E-state index in [-0.39, 0.29) is 5.91 Å². The van der Waals surface area contributed by atoms with Crippen LogP contribution >= 0.6 is 11.6 Å². The summed E-state index contributed by atoms with van der Waals surface area (Å²) < 4.78 is 10.9. The van der Waals surface area contributed by atoms with Gasteiger partial charge in [-0.15, -0.1) is 0 Å². The average Bonchev–Trinajstić information content (AvgIpc) is 2.89. The van der Waals surface area contributed by atoms with E-state index in [1.807, 2.05) is 31.2 Å². The molecule has 0 saturated carbocycles. The van der Waals surface area contributed by atoms with Crippen LogP contribution < -0.4 is 10.1 Å². The van der Waals surface area contributed by atoms with Gasteiger partial charge in [-0.25, -0.2) is 0 Å². The van der Waals surface area contributed by atoms with Crippen LogP contribution in [-0.4, -0.2) is 13.0 Å². The quantitative estimate of drug-likeness (QED) is 0.775. The van der Waals surface area contributed by atoms with Crippen LogP contribution in [0.5, 0.6) is 5.75 Å². The van der Waals surface area contributed by atoms with Crippen molar-refractivity contribution < 1.29 is 13.9 Å². The fraction of sp³-hybridized carbons (Fsp3) is 0.167. The Morgan fingerprint density at radius 2 is 2.04 bits per heavy atom. The summed E-state index contributed by atoms with van der Waals surface area (Å²) in [6.07, 6.45) is 0. The second-order valence-electron chi connectivity index (χ2n) is 5.19. The van der Waals surface area contributed by atoms with Gasteiger partial charge in [0.05, 0.1) is 7.11 Å². The number of fused-ring (bicyclic) bond motifs is 1. The minimum Gasteiger partial charge on any atom is -0.496 e. The van der Waals surface area contributed by atoms with E-state index in [0.717, 1.165) is 22.3 Å². The van der Waals surface area contributed by atoms with Crippen LogP contribution in [0, 0.1) is 6.92 Å². The van der Waals surface area contributed by atoms with Crippen molar-refractivity contribution in [1.82, 2.24) is 5.32 Å². The van der Waals surface area contributed by atoms with E-state index < -0.39 is 0 Å². The number of para-hydroxylation sites is 1. The van der Waals surface area contributed by atoms with E-state index in [9.17, 15) is 4.79 Å². The zero-order valence-electron chi connectivity index (χ0n) is 12.9. The molecule has 3 aromatic rings. The highest BCUT2D eigenvalue weighted by molar-refractivity contribution is 6.31. The van der Waals surface area contributed by atoms with Gasteiger partial charge in [0.1, 0.15) is 11.3 Å². The van der Waals surface area contributed by atoms with Crippen LogP contribution in [0.25, 0.3) is 11.0 Å². The van der Waals surface area contributed by atoms with Crippen molar-refractivity contribution >= 4 is 28.5 Å². The van der Waals surface area contributed by atoms with Crippen LogP contribution in [0.15, 0.2) is 46.9 Å². The molecule has 0 fully saturated rings. The Balaban J connectivity index is 1.82. The van der Waals surface area contributed by atoms with E-state index in [1.54, 1.807) is 25.3 Å². The third kappa shape index (κ3) is 3.03. The van der Waals surface area contributed by atoms with Crippen molar-refractivity contribution in [3.8, 4) is 5.75 Å². The average molecular weight is 330 g/mol. The highest BCUT2D eigenvalue weighted by atomic mass is 35.5. The molecule has 23 heavy (non-hydrogen) atoms. The van der Waals surface area contributed by atoms with Crippen molar-refractivity contribution in [1.29, 1.82) is 0 Å². The van der Waals surface area contributed by atoms with Gasteiger partial charge in [0.15, 0.2) is 5.76 Å². The molecular formula is C18H16ClNO3. The van der Waals surface area contributed by atoms with Crippen LogP contribution in [0.4, 0.5) is 0 Å². The zero-order valence-corrected chi connectivity index (χ0v) is 13.6. The van der Waals surface area contributed by atoms with E-state index in [1.165, 1.54) is 0 Å². The molecule has 0 saturated heterocycles. The lowest BCUT2D eigenvalue weighted by Gasteiger charge is -2.08. The Labute approximate surface area is 139 Å². The monoisotopic (exact) mass is 329 g/mol. The Morgan fingerprint density at radius 3 is 2.83 bits per heavy atom. The maximum Gasteiger partial charge on any atom is 0.287 e. The number of carbonyl (C=O) groups is 1.